The number of fused-ring (bicyclic) bond motifs is 1. The summed E-state index contributed by atoms with van der Waals surface area (Å²) >= 11 is 0. The van der Waals surface area contributed by atoms with Gasteiger partial charge in [-0.3, -0.25) is 0 Å². The van der Waals surface area contributed by atoms with E-state index in [1.807, 2.05) is 12.3 Å². The van der Waals surface area contributed by atoms with Crippen LogP contribution in [0, 0.1) is 0 Å². The third-order valence-electron chi connectivity index (χ3n) is 5.29. The Morgan fingerprint density at radius 3 is 2.90 bits per heavy atom. The van der Waals surface area contributed by atoms with Gasteiger partial charge in [0.2, 0.25) is 0 Å². The lowest BCUT2D eigenvalue weighted by Gasteiger charge is -2.30. The van der Waals surface area contributed by atoms with Gasteiger partial charge in [0.15, 0.2) is 5.65 Å². The molecule has 0 N–H and O–H groups in total. The summed E-state index contributed by atoms with van der Waals surface area (Å²) in [4.78, 5) is 12.1. The highest BCUT2D eigenvalue weighted by Crippen LogP contribution is 2.35. The van der Waals surface area contributed by atoms with Crippen LogP contribution in [0.1, 0.15) is 50.9 Å². The molecule has 1 aliphatic carbocycles. The Labute approximate surface area is 126 Å². The highest BCUT2D eigenvalue weighted by molar-refractivity contribution is 5.71. The van der Waals surface area contributed by atoms with Crippen molar-refractivity contribution in [3.63, 3.8) is 0 Å². The zero-order valence-corrected chi connectivity index (χ0v) is 12.8. The SMILES string of the molecule is CCN1CCCC1Cc1nc2cccnc2n1C1CCC1. The maximum Gasteiger partial charge on any atom is 0.160 e. The summed E-state index contributed by atoms with van der Waals surface area (Å²) in [6.07, 6.45) is 9.56. The van der Waals surface area contributed by atoms with Crippen molar-refractivity contribution in [2.45, 2.75) is 57.5 Å². The monoisotopic (exact) mass is 284 g/mol. The molecule has 2 aromatic rings. The lowest BCUT2D eigenvalue weighted by atomic mass is 9.92. The van der Waals surface area contributed by atoms with E-state index in [-0.39, 0.29) is 0 Å². The van der Waals surface area contributed by atoms with Gasteiger partial charge in [-0.2, -0.15) is 0 Å². The predicted octanol–water partition coefficient (Wildman–Crippen LogP) is 3.18. The molecule has 21 heavy (non-hydrogen) atoms. The third-order valence-corrected chi connectivity index (χ3v) is 5.29. The summed E-state index contributed by atoms with van der Waals surface area (Å²) in [7, 11) is 0. The van der Waals surface area contributed by atoms with Crippen LogP contribution in [0.3, 0.4) is 0 Å². The smallest absolute Gasteiger partial charge is 0.160 e. The van der Waals surface area contributed by atoms with E-state index in [4.69, 9.17) is 4.98 Å². The lowest BCUT2D eigenvalue weighted by Crippen LogP contribution is -2.32. The predicted molar refractivity (Wildman–Crippen MR) is 84.4 cm³/mol. The van der Waals surface area contributed by atoms with Gasteiger partial charge in [-0.25, -0.2) is 9.97 Å². The summed E-state index contributed by atoms with van der Waals surface area (Å²) < 4.78 is 2.45. The quantitative estimate of drug-likeness (QED) is 0.864. The standard InChI is InChI=1S/C17H24N4/c1-2-20-11-5-8-14(20)12-16-19-15-9-4-10-18-17(15)21(16)13-6-3-7-13/h4,9-10,13-14H,2-3,5-8,11-12H2,1H3. The zero-order valence-electron chi connectivity index (χ0n) is 12.8. The number of aromatic nitrogens is 3. The minimum absolute atomic E-state index is 0.636. The average Bonchev–Trinajstić information content (AvgIpc) is 3.03. The molecule has 0 amide bonds. The normalized spacial score (nSPS) is 23.8. The first-order valence-electron chi connectivity index (χ1n) is 8.42. The Morgan fingerprint density at radius 2 is 2.14 bits per heavy atom. The number of hydrogen-bond donors (Lipinski definition) is 0. The molecule has 1 atom stereocenters. The Balaban J connectivity index is 1.70. The second-order valence-electron chi connectivity index (χ2n) is 6.46. The summed E-state index contributed by atoms with van der Waals surface area (Å²) in [5.74, 6) is 1.26. The molecule has 0 radical (unpaired) electrons. The maximum absolute atomic E-state index is 4.92. The van der Waals surface area contributed by atoms with Crippen LogP contribution in [-0.4, -0.2) is 38.6 Å². The van der Waals surface area contributed by atoms with E-state index in [1.165, 1.54) is 44.5 Å². The van der Waals surface area contributed by atoms with Crippen molar-refractivity contribution in [2.75, 3.05) is 13.1 Å². The molecule has 0 bridgehead atoms. The molecule has 2 aromatic heterocycles. The Bertz CT molecular complexity index is 629. The fraction of sp³-hybridized carbons (Fsp3) is 0.647. The van der Waals surface area contributed by atoms with Gasteiger partial charge in [-0.1, -0.05) is 6.92 Å². The third kappa shape index (κ3) is 2.26. The van der Waals surface area contributed by atoms with Gasteiger partial charge in [-0.05, 0) is 57.3 Å². The van der Waals surface area contributed by atoms with E-state index in [1.54, 1.807) is 0 Å². The maximum atomic E-state index is 4.92. The van der Waals surface area contributed by atoms with Crippen molar-refractivity contribution in [1.82, 2.24) is 19.4 Å². The van der Waals surface area contributed by atoms with Crippen molar-refractivity contribution in [3.8, 4) is 0 Å². The minimum Gasteiger partial charge on any atom is -0.310 e. The molecule has 3 heterocycles. The second kappa shape index (κ2) is 5.41. The lowest BCUT2D eigenvalue weighted by molar-refractivity contribution is 0.253. The Kier molecular flexibility index (Phi) is 3.42. The van der Waals surface area contributed by atoms with Crippen molar-refractivity contribution < 1.29 is 0 Å². The summed E-state index contributed by atoms with van der Waals surface area (Å²) in [6.45, 7) is 4.68. The second-order valence-corrected chi connectivity index (χ2v) is 6.46. The number of hydrogen-bond acceptors (Lipinski definition) is 3. The molecule has 2 aliphatic rings. The molecular weight excluding hydrogens is 260 g/mol. The first-order valence-corrected chi connectivity index (χ1v) is 8.42. The first-order chi connectivity index (χ1) is 10.4. The molecule has 4 heteroatoms. The molecule has 1 saturated heterocycles. The van der Waals surface area contributed by atoms with Crippen molar-refractivity contribution in [2.24, 2.45) is 0 Å². The number of pyridine rings is 1. The highest BCUT2D eigenvalue weighted by Gasteiger charge is 2.29. The molecule has 4 rings (SSSR count). The molecular formula is C17H24N4. The van der Waals surface area contributed by atoms with E-state index < -0.39 is 0 Å². The highest BCUT2D eigenvalue weighted by atomic mass is 15.2. The Morgan fingerprint density at radius 1 is 1.24 bits per heavy atom. The van der Waals surface area contributed by atoms with Gasteiger partial charge >= 0.3 is 0 Å². The number of nitrogens with zero attached hydrogens (tertiary/aromatic N) is 4. The molecule has 4 nitrogen and oxygen atoms in total. The zero-order chi connectivity index (χ0) is 14.2. The van der Waals surface area contributed by atoms with E-state index in [0.29, 0.717) is 12.1 Å². The van der Waals surface area contributed by atoms with Crippen LogP contribution < -0.4 is 0 Å². The van der Waals surface area contributed by atoms with Gasteiger partial charge < -0.3 is 9.47 Å². The van der Waals surface area contributed by atoms with E-state index in [2.05, 4.69) is 27.4 Å². The van der Waals surface area contributed by atoms with Crippen LogP contribution in [0.25, 0.3) is 11.2 Å². The number of likely N-dealkylation sites (N-methyl/N-ethyl adjacent to an activating group) is 1. The van der Waals surface area contributed by atoms with Crippen LogP contribution in [0.15, 0.2) is 18.3 Å². The van der Waals surface area contributed by atoms with Gasteiger partial charge in [-0.15, -0.1) is 0 Å². The van der Waals surface area contributed by atoms with Gasteiger partial charge in [0.05, 0.1) is 0 Å². The van der Waals surface area contributed by atoms with Crippen molar-refractivity contribution in [3.05, 3.63) is 24.2 Å². The van der Waals surface area contributed by atoms with Crippen molar-refractivity contribution in [1.29, 1.82) is 0 Å². The molecule has 2 fully saturated rings. The van der Waals surface area contributed by atoms with Crippen LogP contribution >= 0.6 is 0 Å². The van der Waals surface area contributed by atoms with Crippen LogP contribution in [-0.2, 0) is 6.42 Å². The summed E-state index contributed by atoms with van der Waals surface area (Å²) in [5.41, 5.74) is 2.17. The van der Waals surface area contributed by atoms with Crippen LogP contribution in [0.4, 0.5) is 0 Å². The number of imidazole rings is 1. The fourth-order valence-electron chi connectivity index (χ4n) is 3.90. The van der Waals surface area contributed by atoms with E-state index in [0.717, 1.165) is 24.1 Å². The topological polar surface area (TPSA) is 34.0 Å². The molecule has 0 aromatic carbocycles. The molecule has 112 valence electrons. The van der Waals surface area contributed by atoms with Crippen LogP contribution in [0.5, 0.6) is 0 Å². The molecule has 1 unspecified atom stereocenters. The molecule has 1 aliphatic heterocycles. The first kappa shape index (κ1) is 13.3. The molecule has 0 spiro atoms. The van der Waals surface area contributed by atoms with Crippen LogP contribution in [0.2, 0.25) is 0 Å². The minimum atomic E-state index is 0.636. The van der Waals surface area contributed by atoms with E-state index in [9.17, 15) is 0 Å². The average molecular weight is 284 g/mol. The largest absolute Gasteiger partial charge is 0.310 e. The van der Waals surface area contributed by atoms with Crippen molar-refractivity contribution >= 4 is 11.2 Å². The summed E-state index contributed by atoms with van der Waals surface area (Å²) in [5, 5.41) is 0. The Hall–Kier alpha value is -1.42. The summed E-state index contributed by atoms with van der Waals surface area (Å²) in [6, 6.07) is 5.41. The van der Waals surface area contributed by atoms with Gasteiger partial charge in [0.1, 0.15) is 11.3 Å². The molecule has 1 saturated carbocycles. The van der Waals surface area contributed by atoms with E-state index >= 15 is 0 Å². The van der Waals surface area contributed by atoms with Gasteiger partial charge in [0.25, 0.3) is 0 Å². The van der Waals surface area contributed by atoms with Gasteiger partial charge in [0, 0.05) is 24.7 Å². The number of likely N-dealkylation sites (tertiary alicyclic amines) is 1. The fourth-order valence-corrected chi connectivity index (χ4v) is 3.90. The number of rotatable bonds is 4.